The Morgan fingerprint density at radius 2 is 1.93 bits per heavy atom. The number of benzene rings is 2. The first-order valence-electron chi connectivity index (χ1n) is 9.51. The fourth-order valence-electron chi connectivity index (χ4n) is 4.50. The first kappa shape index (κ1) is 17.7. The summed E-state index contributed by atoms with van der Waals surface area (Å²) in [5.41, 5.74) is 2.10. The third-order valence-electron chi connectivity index (χ3n) is 5.69. The number of fused-ring (bicyclic) bond motifs is 2. The minimum atomic E-state index is -0.737. The summed E-state index contributed by atoms with van der Waals surface area (Å²) >= 11 is 0. The summed E-state index contributed by atoms with van der Waals surface area (Å²) in [5.74, 6) is 0.0176. The van der Waals surface area contributed by atoms with Gasteiger partial charge in [0.2, 0.25) is 11.8 Å². The number of amides is 2. The molecule has 0 radical (unpaired) electrons. The molecule has 2 aromatic rings. The topological polar surface area (TPSA) is 58.6 Å². The zero-order valence-electron chi connectivity index (χ0n) is 15.5. The number of carbonyl (C=O) groups excluding carboxylic acids is 2. The molecule has 5 nitrogen and oxygen atoms in total. The summed E-state index contributed by atoms with van der Waals surface area (Å²) in [6.07, 6.45) is 0.951. The lowest BCUT2D eigenvalue weighted by Crippen LogP contribution is -2.42. The molecular formula is C22H24N2O3. The van der Waals surface area contributed by atoms with E-state index in [0.717, 1.165) is 16.8 Å². The van der Waals surface area contributed by atoms with E-state index in [-0.39, 0.29) is 17.9 Å². The summed E-state index contributed by atoms with van der Waals surface area (Å²) < 4.78 is 5.37. The van der Waals surface area contributed by atoms with Gasteiger partial charge in [0, 0.05) is 18.8 Å². The molecule has 2 aliphatic rings. The predicted octanol–water partition coefficient (Wildman–Crippen LogP) is 3.28. The van der Waals surface area contributed by atoms with Gasteiger partial charge >= 0.3 is 0 Å². The monoisotopic (exact) mass is 364 g/mol. The van der Waals surface area contributed by atoms with E-state index in [0.29, 0.717) is 32.6 Å². The number of hydrogen-bond donors (Lipinski definition) is 1. The fraction of sp³-hybridized carbons (Fsp3) is 0.364. The minimum absolute atomic E-state index is 0.0161. The van der Waals surface area contributed by atoms with Crippen LogP contribution in [0, 0.1) is 0 Å². The summed E-state index contributed by atoms with van der Waals surface area (Å²) in [4.78, 5) is 28.0. The van der Waals surface area contributed by atoms with E-state index in [4.69, 9.17) is 4.74 Å². The predicted molar refractivity (Wildman–Crippen MR) is 103 cm³/mol. The zero-order chi connectivity index (χ0) is 18.9. The number of nitrogens with one attached hydrogen (secondary N) is 1. The second kappa shape index (κ2) is 7.16. The van der Waals surface area contributed by atoms with Gasteiger partial charge in [-0.05, 0) is 30.5 Å². The molecule has 1 spiro atoms. The third-order valence-corrected chi connectivity index (χ3v) is 5.69. The van der Waals surface area contributed by atoms with Gasteiger partial charge in [-0.2, -0.15) is 0 Å². The molecule has 4 rings (SSSR count). The Labute approximate surface area is 159 Å². The molecule has 1 saturated heterocycles. The Morgan fingerprint density at radius 1 is 1.19 bits per heavy atom. The molecule has 27 heavy (non-hydrogen) atoms. The highest BCUT2D eigenvalue weighted by Crippen LogP contribution is 2.54. The van der Waals surface area contributed by atoms with Crippen LogP contribution in [0.25, 0.3) is 0 Å². The molecule has 1 fully saturated rings. The maximum Gasteiger partial charge on any atom is 0.237 e. The van der Waals surface area contributed by atoms with Crippen LogP contribution >= 0.6 is 0 Å². The lowest BCUT2D eigenvalue weighted by atomic mass is 9.72. The highest BCUT2D eigenvalue weighted by Gasteiger charge is 2.59. The van der Waals surface area contributed by atoms with Crippen molar-refractivity contribution in [3.63, 3.8) is 0 Å². The molecule has 2 amide bonds. The van der Waals surface area contributed by atoms with Gasteiger partial charge < -0.3 is 15.0 Å². The van der Waals surface area contributed by atoms with Gasteiger partial charge in [0.15, 0.2) is 0 Å². The van der Waals surface area contributed by atoms with Crippen molar-refractivity contribution in [1.82, 2.24) is 4.90 Å². The molecule has 1 N–H and O–H groups in total. The van der Waals surface area contributed by atoms with Gasteiger partial charge in [0.1, 0.15) is 5.41 Å². The number of para-hydroxylation sites is 1. The number of carbonyl (C=O) groups is 2. The molecule has 140 valence electrons. The van der Waals surface area contributed by atoms with Crippen molar-refractivity contribution >= 4 is 17.5 Å². The number of ether oxygens (including phenoxy) is 1. The molecule has 0 bridgehead atoms. The average Bonchev–Trinajstić information content (AvgIpc) is 3.23. The summed E-state index contributed by atoms with van der Waals surface area (Å²) in [5, 5.41) is 3.04. The largest absolute Gasteiger partial charge is 0.381 e. The van der Waals surface area contributed by atoms with Gasteiger partial charge in [-0.1, -0.05) is 48.5 Å². The van der Waals surface area contributed by atoms with Gasteiger partial charge in [-0.3, -0.25) is 9.59 Å². The molecule has 0 saturated carbocycles. The highest BCUT2D eigenvalue weighted by atomic mass is 16.5. The van der Waals surface area contributed by atoms with Crippen molar-refractivity contribution in [2.24, 2.45) is 0 Å². The van der Waals surface area contributed by atoms with Gasteiger partial charge in [0.25, 0.3) is 0 Å². The molecule has 5 heteroatoms. The number of anilines is 1. The lowest BCUT2D eigenvalue weighted by molar-refractivity contribution is -0.134. The van der Waals surface area contributed by atoms with E-state index in [1.165, 1.54) is 0 Å². The van der Waals surface area contributed by atoms with Crippen LogP contribution in [0.15, 0.2) is 54.6 Å². The number of nitrogens with zero attached hydrogens (tertiary/aromatic N) is 1. The van der Waals surface area contributed by atoms with Crippen molar-refractivity contribution in [2.45, 2.75) is 31.2 Å². The first-order valence-corrected chi connectivity index (χ1v) is 9.51. The highest BCUT2D eigenvalue weighted by molar-refractivity contribution is 6.07. The van der Waals surface area contributed by atoms with Crippen LogP contribution in [0.4, 0.5) is 5.69 Å². The van der Waals surface area contributed by atoms with Crippen molar-refractivity contribution in [2.75, 3.05) is 25.1 Å². The molecule has 2 unspecified atom stereocenters. The van der Waals surface area contributed by atoms with E-state index in [1.54, 1.807) is 0 Å². The molecule has 0 aliphatic carbocycles. The fourth-order valence-corrected chi connectivity index (χ4v) is 4.50. The maximum atomic E-state index is 13.2. The van der Waals surface area contributed by atoms with Crippen LogP contribution in [0.2, 0.25) is 0 Å². The smallest absolute Gasteiger partial charge is 0.237 e. The van der Waals surface area contributed by atoms with Crippen LogP contribution in [-0.2, 0) is 19.7 Å². The second-order valence-corrected chi connectivity index (χ2v) is 7.07. The Morgan fingerprint density at radius 3 is 2.70 bits per heavy atom. The standard InChI is InChI=1S/C22H24N2O3/c1-2-27-15-12-19(25)24-14-13-22(20(24)16-8-4-3-5-9-16)17-10-6-7-11-18(17)23-21(22)26/h3-11,20H,2,12-15H2,1H3,(H,23,26). The van der Waals surface area contributed by atoms with E-state index in [9.17, 15) is 9.59 Å². The molecule has 2 aromatic carbocycles. The van der Waals surface area contributed by atoms with Crippen molar-refractivity contribution in [3.8, 4) is 0 Å². The van der Waals surface area contributed by atoms with Crippen LogP contribution in [0.3, 0.4) is 0 Å². The Bertz CT molecular complexity index is 852. The molecule has 2 aliphatic heterocycles. The maximum absolute atomic E-state index is 13.2. The van der Waals surface area contributed by atoms with Gasteiger partial charge in [-0.25, -0.2) is 0 Å². The molecule has 2 heterocycles. The SMILES string of the molecule is CCOCCC(=O)N1CCC2(C(=O)Nc3ccccc32)C1c1ccccc1. The summed E-state index contributed by atoms with van der Waals surface area (Å²) in [6.45, 7) is 3.48. The van der Waals surface area contributed by atoms with E-state index in [1.807, 2.05) is 66.4 Å². The Hall–Kier alpha value is -2.66. The molecule has 2 atom stereocenters. The van der Waals surface area contributed by atoms with E-state index in [2.05, 4.69) is 5.32 Å². The molecule has 0 aromatic heterocycles. The van der Waals surface area contributed by atoms with Crippen molar-refractivity contribution in [3.05, 3.63) is 65.7 Å². The van der Waals surface area contributed by atoms with Crippen LogP contribution in [0.5, 0.6) is 0 Å². The number of hydrogen-bond acceptors (Lipinski definition) is 3. The third kappa shape index (κ3) is 2.82. The van der Waals surface area contributed by atoms with Crippen LogP contribution < -0.4 is 5.32 Å². The van der Waals surface area contributed by atoms with Crippen molar-refractivity contribution in [1.29, 1.82) is 0 Å². The Balaban J connectivity index is 1.77. The number of rotatable bonds is 5. The summed E-state index contributed by atoms with van der Waals surface area (Å²) in [6, 6.07) is 17.4. The Kier molecular flexibility index (Phi) is 4.70. The van der Waals surface area contributed by atoms with Crippen LogP contribution in [0.1, 0.15) is 36.9 Å². The quantitative estimate of drug-likeness (QED) is 0.829. The van der Waals surface area contributed by atoms with Gasteiger partial charge in [-0.15, -0.1) is 0 Å². The van der Waals surface area contributed by atoms with Crippen LogP contribution in [-0.4, -0.2) is 36.5 Å². The van der Waals surface area contributed by atoms with E-state index < -0.39 is 5.41 Å². The summed E-state index contributed by atoms with van der Waals surface area (Å²) in [7, 11) is 0. The average molecular weight is 364 g/mol. The minimum Gasteiger partial charge on any atom is -0.381 e. The van der Waals surface area contributed by atoms with E-state index >= 15 is 0 Å². The van der Waals surface area contributed by atoms with Crippen molar-refractivity contribution < 1.29 is 14.3 Å². The zero-order valence-corrected chi connectivity index (χ0v) is 15.5. The normalized spacial score (nSPS) is 23.5. The second-order valence-electron chi connectivity index (χ2n) is 7.07. The lowest BCUT2D eigenvalue weighted by Gasteiger charge is -2.34. The first-order chi connectivity index (χ1) is 13.2. The molecular weight excluding hydrogens is 340 g/mol. The number of likely N-dealkylation sites (tertiary alicyclic amines) is 1. The van der Waals surface area contributed by atoms with Gasteiger partial charge in [0.05, 0.1) is 19.1 Å².